The first-order chi connectivity index (χ1) is 9.25. The molecule has 3 N–H and O–H groups in total. The van der Waals surface area contributed by atoms with E-state index in [1.54, 1.807) is 0 Å². The quantitative estimate of drug-likeness (QED) is 0.766. The molecule has 0 bridgehead atoms. The van der Waals surface area contributed by atoms with E-state index in [0.29, 0.717) is 6.54 Å². The zero-order valence-electron chi connectivity index (χ0n) is 10.5. The van der Waals surface area contributed by atoms with Crippen molar-refractivity contribution in [2.24, 2.45) is 0 Å². The Balaban J connectivity index is 1.84. The number of hydrogen-bond donors (Lipinski definition) is 3. The third kappa shape index (κ3) is 2.40. The molecule has 2 aromatic rings. The smallest absolute Gasteiger partial charge is 0.101 e. The molecule has 0 aromatic heterocycles. The molecule has 2 aromatic carbocycles. The Morgan fingerprint density at radius 2 is 1.47 bits per heavy atom. The lowest BCUT2D eigenvalue weighted by Gasteiger charge is -2.16. The van der Waals surface area contributed by atoms with Gasteiger partial charge in [-0.2, -0.15) is 0 Å². The summed E-state index contributed by atoms with van der Waals surface area (Å²) in [5.74, 6) is 0. The third-order valence-electron chi connectivity index (χ3n) is 3.66. The third-order valence-corrected chi connectivity index (χ3v) is 3.66. The zero-order chi connectivity index (χ0) is 13.2. The van der Waals surface area contributed by atoms with Crippen LogP contribution >= 0.6 is 0 Å². The number of benzene rings is 2. The van der Waals surface area contributed by atoms with Crippen LogP contribution in [0.2, 0.25) is 0 Å². The Morgan fingerprint density at radius 1 is 0.842 bits per heavy atom. The van der Waals surface area contributed by atoms with Crippen molar-refractivity contribution >= 4 is 0 Å². The predicted molar refractivity (Wildman–Crippen MR) is 74.6 cm³/mol. The summed E-state index contributed by atoms with van der Waals surface area (Å²) in [5, 5.41) is 22.6. The van der Waals surface area contributed by atoms with Crippen molar-refractivity contribution < 1.29 is 10.2 Å². The van der Waals surface area contributed by atoms with Gasteiger partial charge in [0.05, 0.1) is 12.1 Å². The number of nitrogens with one attached hydrogen (secondary N) is 1. The summed E-state index contributed by atoms with van der Waals surface area (Å²) in [6, 6.07) is 18.1. The van der Waals surface area contributed by atoms with E-state index < -0.39 is 12.2 Å². The first-order valence-corrected chi connectivity index (χ1v) is 6.50. The van der Waals surface area contributed by atoms with Gasteiger partial charge in [0.25, 0.3) is 0 Å². The van der Waals surface area contributed by atoms with Gasteiger partial charge in [-0.1, -0.05) is 54.6 Å². The van der Waals surface area contributed by atoms with E-state index in [-0.39, 0.29) is 6.04 Å². The van der Waals surface area contributed by atoms with Crippen LogP contribution in [0.4, 0.5) is 0 Å². The van der Waals surface area contributed by atoms with Crippen LogP contribution in [0.25, 0.3) is 11.1 Å². The molecular weight excluding hydrogens is 238 g/mol. The van der Waals surface area contributed by atoms with Gasteiger partial charge in [0, 0.05) is 6.54 Å². The van der Waals surface area contributed by atoms with Crippen LogP contribution in [0.5, 0.6) is 0 Å². The highest BCUT2D eigenvalue weighted by atomic mass is 16.3. The number of aliphatic hydroxyl groups excluding tert-OH is 2. The van der Waals surface area contributed by atoms with Gasteiger partial charge in [-0.3, -0.25) is 0 Å². The molecule has 3 atom stereocenters. The fourth-order valence-corrected chi connectivity index (χ4v) is 2.54. The highest BCUT2D eigenvalue weighted by Crippen LogP contribution is 2.26. The van der Waals surface area contributed by atoms with E-state index in [2.05, 4.69) is 17.4 Å². The second-order valence-corrected chi connectivity index (χ2v) is 4.93. The number of hydrogen-bond acceptors (Lipinski definition) is 3. The molecule has 1 fully saturated rings. The summed E-state index contributed by atoms with van der Waals surface area (Å²) in [7, 11) is 0. The van der Waals surface area contributed by atoms with Crippen molar-refractivity contribution in [2.75, 3.05) is 6.54 Å². The maximum absolute atomic E-state index is 9.88. The average molecular weight is 255 g/mol. The number of aliphatic hydroxyl groups is 2. The Hall–Kier alpha value is -1.68. The van der Waals surface area contributed by atoms with E-state index in [9.17, 15) is 10.2 Å². The Labute approximate surface area is 112 Å². The van der Waals surface area contributed by atoms with Crippen LogP contribution in [0, 0.1) is 0 Å². The summed E-state index contributed by atoms with van der Waals surface area (Å²) < 4.78 is 0. The first kappa shape index (κ1) is 12.4. The molecule has 0 saturated carbocycles. The van der Waals surface area contributed by atoms with Crippen molar-refractivity contribution in [3.8, 4) is 11.1 Å². The lowest BCUT2D eigenvalue weighted by atomic mass is 9.98. The van der Waals surface area contributed by atoms with Crippen LogP contribution in [-0.2, 0) is 0 Å². The Morgan fingerprint density at radius 3 is 2.05 bits per heavy atom. The minimum absolute atomic E-state index is 0.181. The molecule has 98 valence electrons. The van der Waals surface area contributed by atoms with Gasteiger partial charge in [0.1, 0.15) is 6.10 Å². The highest BCUT2D eigenvalue weighted by molar-refractivity contribution is 5.63. The molecule has 0 aliphatic carbocycles. The fourth-order valence-electron chi connectivity index (χ4n) is 2.54. The zero-order valence-corrected chi connectivity index (χ0v) is 10.5. The van der Waals surface area contributed by atoms with E-state index >= 15 is 0 Å². The molecule has 1 aliphatic heterocycles. The summed E-state index contributed by atoms with van der Waals surface area (Å²) in [6.45, 7) is 0.437. The molecule has 1 aliphatic rings. The maximum Gasteiger partial charge on any atom is 0.101 e. The van der Waals surface area contributed by atoms with Crippen molar-refractivity contribution in [1.82, 2.24) is 5.32 Å². The summed E-state index contributed by atoms with van der Waals surface area (Å²) >= 11 is 0. The number of rotatable bonds is 2. The van der Waals surface area contributed by atoms with Crippen molar-refractivity contribution in [3.05, 3.63) is 60.2 Å². The van der Waals surface area contributed by atoms with E-state index in [1.165, 1.54) is 5.56 Å². The van der Waals surface area contributed by atoms with Crippen molar-refractivity contribution in [2.45, 2.75) is 18.2 Å². The van der Waals surface area contributed by atoms with Crippen LogP contribution in [-0.4, -0.2) is 29.0 Å². The lowest BCUT2D eigenvalue weighted by molar-refractivity contribution is 0.0405. The largest absolute Gasteiger partial charge is 0.389 e. The van der Waals surface area contributed by atoms with Crippen LogP contribution in [0.15, 0.2) is 54.6 Å². The van der Waals surface area contributed by atoms with Crippen LogP contribution < -0.4 is 5.32 Å². The molecule has 0 spiro atoms. The molecule has 3 rings (SSSR count). The highest BCUT2D eigenvalue weighted by Gasteiger charge is 2.33. The maximum atomic E-state index is 9.88. The van der Waals surface area contributed by atoms with Crippen LogP contribution in [0.3, 0.4) is 0 Å². The molecule has 0 unspecified atom stereocenters. The SMILES string of the molecule is O[C@@H]1[C@@H](O)CN[C@H]1c1ccc(-c2ccccc2)cc1. The van der Waals surface area contributed by atoms with Gasteiger partial charge in [-0.25, -0.2) is 0 Å². The van der Waals surface area contributed by atoms with Gasteiger partial charge in [-0.05, 0) is 16.7 Å². The van der Waals surface area contributed by atoms with E-state index in [1.807, 2.05) is 42.5 Å². The normalized spacial score (nSPS) is 26.5. The van der Waals surface area contributed by atoms with Gasteiger partial charge in [0.15, 0.2) is 0 Å². The summed E-state index contributed by atoms with van der Waals surface area (Å²) in [4.78, 5) is 0. The molecule has 0 amide bonds. The fraction of sp³-hybridized carbons (Fsp3) is 0.250. The van der Waals surface area contributed by atoms with Gasteiger partial charge in [0.2, 0.25) is 0 Å². The lowest BCUT2D eigenvalue weighted by Crippen LogP contribution is -2.25. The molecular formula is C16H17NO2. The monoisotopic (exact) mass is 255 g/mol. The Kier molecular flexibility index (Phi) is 3.34. The molecule has 1 heterocycles. The van der Waals surface area contributed by atoms with Gasteiger partial charge < -0.3 is 15.5 Å². The second kappa shape index (κ2) is 5.13. The van der Waals surface area contributed by atoms with Gasteiger partial charge in [-0.15, -0.1) is 0 Å². The molecule has 19 heavy (non-hydrogen) atoms. The minimum Gasteiger partial charge on any atom is -0.389 e. The number of β-amino-alcohol motifs (C(OH)–C–C–N with tert-alkyl or cyclic N) is 1. The standard InChI is InChI=1S/C16H17NO2/c18-14-10-17-15(16(14)19)13-8-6-12(7-9-13)11-4-2-1-3-5-11/h1-9,14-19H,10H2/t14-,15-,16+/m0/s1. The van der Waals surface area contributed by atoms with Gasteiger partial charge >= 0.3 is 0 Å². The molecule has 0 radical (unpaired) electrons. The summed E-state index contributed by atoms with van der Waals surface area (Å²) in [6.07, 6.45) is -1.42. The van der Waals surface area contributed by atoms with E-state index in [4.69, 9.17) is 0 Å². The molecule has 3 heteroatoms. The summed E-state index contributed by atoms with van der Waals surface area (Å²) in [5.41, 5.74) is 3.33. The predicted octanol–water partition coefficient (Wildman–Crippen LogP) is 1.72. The van der Waals surface area contributed by atoms with Crippen LogP contribution in [0.1, 0.15) is 11.6 Å². The van der Waals surface area contributed by atoms with E-state index in [0.717, 1.165) is 11.1 Å². The average Bonchev–Trinajstić information content (AvgIpc) is 2.80. The topological polar surface area (TPSA) is 52.5 Å². The van der Waals surface area contributed by atoms with Crippen molar-refractivity contribution in [1.29, 1.82) is 0 Å². The first-order valence-electron chi connectivity index (χ1n) is 6.50. The van der Waals surface area contributed by atoms with Crippen molar-refractivity contribution in [3.63, 3.8) is 0 Å². The Bertz CT molecular complexity index is 538. The molecule has 1 saturated heterocycles. The second-order valence-electron chi connectivity index (χ2n) is 4.93. The minimum atomic E-state index is -0.734. The molecule has 3 nitrogen and oxygen atoms in total.